The van der Waals surface area contributed by atoms with Gasteiger partial charge in [0.25, 0.3) is 0 Å². The van der Waals surface area contributed by atoms with Crippen molar-refractivity contribution in [1.82, 2.24) is 0 Å². The summed E-state index contributed by atoms with van der Waals surface area (Å²) in [6.07, 6.45) is 3.11. The smallest absolute Gasteiger partial charge is 0.157 e. The van der Waals surface area contributed by atoms with E-state index in [1.165, 1.54) is 5.56 Å². The molecule has 0 amide bonds. The second-order valence-electron chi connectivity index (χ2n) is 6.64. The topological polar surface area (TPSA) is 55.3 Å². The van der Waals surface area contributed by atoms with E-state index in [-0.39, 0.29) is 24.1 Å². The van der Waals surface area contributed by atoms with Crippen LogP contribution in [-0.4, -0.2) is 37.7 Å². The number of hydrogen-bond donors (Lipinski definition) is 2. The second kappa shape index (κ2) is 9.36. The summed E-state index contributed by atoms with van der Waals surface area (Å²) in [6.45, 7) is 8.10. The van der Waals surface area contributed by atoms with Gasteiger partial charge in [0.2, 0.25) is 0 Å². The van der Waals surface area contributed by atoms with Crippen LogP contribution in [-0.2, 0) is 15.9 Å². The minimum atomic E-state index is -0.0106. The molecular weight excluding hydrogens is 302 g/mol. The highest BCUT2D eigenvalue weighted by molar-refractivity contribution is 5.25. The summed E-state index contributed by atoms with van der Waals surface area (Å²) in [6, 6.07) is 7.45. The third-order valence-corrected chi connectivity index (χ3v) is 3.74. The molecule has 0 bridgehead atoms. The molecule has 0 aliphatic carbocycles. The minimum Gasteiger partial charge on any atom is -1.00 e. The first-order valence-corrected chi connectivity index (χ1v) is 7.88. The van der Waals surface area contributed by atoms with Gasteiger partial charge in [-0.3, -0.25) is 0 Å². The molecule has 1 aromatic carbocycles. The number of rotatable bonds is 7. The van der Waals surface area contributed by atoms with E-state index in [1.54, 1.807) is 12.1 Å². The van der Waals surface area contributed by atoms with Crippen molar-refractivity contribution >= 4 is 0 Å². The Labute approximate surface area is 139 Å². The van der Waals surface area contributed by atoms with E-state index < -0.39 is 0 Å². The summed E-state index contributed by atoms with van der Waals surface area (Å²) < 4.78 is 11.4. The highest BCUT2D eigenvalue weighted by Gasteiger charge is 2.27. The van der Waals surface area contributed by atoms with Crippen LogP contribution in [0, 0.1) is 5.41 Å². The van der Waals surface area contributed by atoms with E-state index in [0.29, 0.717) is 5.75 Å². The summed E-state index contributed by atoms with van der Waals surface area (Å²) in [5.41, 5.74) is 1.43. The molecule has 1 fully saturated rings. The maximum absolute atomic E-state index is 9.22. The Balaban J connectivity index is 0.00000242. The SMILES string of the molecule is CC1(C)COC(CCC[NH2+]CCc2ccc(O)cc2)OC1.[Cl-]. The van der Waals surface area contributed by atoms with E-state index in [0.717, 1.165) is 45.6 Å². The molecule has 0 spiro atoms. The highest BCUT2D eigenvalue weighted by atomic mass is 35.5. The molecule has 1 aromatic rings. The molecule has 0 aromatic heterocycles. The quantitative estimate of drug-likeness (QED) is 0.610. The van der Waals surface area contributed by atoms with Crippen LogP contribution in [0.1, 0.15) is 32.3 Å². The molecule has 0 radical (unpaired) electrons. The van der Waals surface area contributed by atoms with Gasteiger partial charge in [0.15, 0.2) is 6.29 Å². The summed E-state index contributed by atoms with van der Waals surface area (Å²) in [4.78, 5) is 0. The number of ether oxygens (including phenoxy) is 2. The zero-order chi connectivity index (χ0) is 15.1. The van der Waals surface area contributed by atoms with Crippen LogP contribution < -0.4 is 17.7 Å². The normalized spacial score (nSPS) is 17.9. The van der Waals surface area contributed by atoms with Crippen LogP contribution in [0.3, 0.4) is 0 Å². The highest BCUT2D eigenvalue weighted by Crippen LogP contribution is 2.24. The summed E-state index contributed by atoms with van der Waals surface area (Å²) in [5.74, 6) is 0.332. The van der Waals surface area contributed by atoms with Crippen molar-refractivity contribution in [2.75, 3.05) is 26.3 Å². The molecule has 22 heavy (non-hydrogen) atoms. The van der Waals surface area contributed by atoms with Crippen LogP contribution in [0.4, 0.5) is 0 Å². The lowest BCUT2D eigenvalue weighted by Crippen LogP contribution is -3.00. The number of halogens is 1. The lowest BCUT2D eigenvalue weighted by Gasteiger charge is -2.34. The van der Waals surface area contributed by atoms with Crippen LogP contribution in [0.25, 0.3) is 0 Å². The van der Waals surface area contributed by atoms with Crippen LogP contribution in [0.5, 0.6) is 5.75 Å². The zero-order valence-corrected chi connectivity index (χ0v) is 14.3. The summed E-state index contributed by atoms with van der Waals surface area (Å²) in [5, 5.41) is 11.6. The second-order valence-corrected chi connectivity index (χ2v) is 6.64. The van der Waals surface area contributed by atoms with Gasteiger partial charge in [0.05, 0.1) is 26.3 Å². The van der Waals surface area contributed by atoms with E-state index in [1.807, 2.05) is 12.1 Å². The van der Waals surface area contributed by atoms with Gasteiger partial charge in [-0.1, -0.05) is 26.0 Å². The maximum atomic E-state index is 9.22. The standard InChI is InChI=1S/C17H27NO3.ClH/c1-17(2)12-20-16(21-13-17)4-3-10-18-11-9-14-5-7-15(19)8-6-14;/h5-8,16,18-19H,3-4,9-13H2,1-2H3;1H. The van der Waals surface area contributed by atoms with Gasteiger partial charge >= 0.3 is 0 Å². The molecule has 0 atom stereocenters. The summed E-state index contributed by atoms with van der Waals surface area (Å²) in [7, 11) is 0. The van der Waals surface area contributed by atoms with Gasteiger partial charge < -0.3 is 32.3 Å². The van der Waals surface area contributed by atoms with Crippen molar-refractivity contribution in [1.29, 1.82) is 0 Å². The fourth-order valence-electron chi connectivity index (χ4n) is 2.40. The molecule has 3 N–H and O–H groups in total. The Morgan fingerprint density at radius 2 is 1.77 bits per heavy atom. The third kappa shape index (κ3) is 6.97. The Morgan fingerprint density at radius 3 is 2.41 bits per heavy atom. The predicted molar refractivity (Wildman–Crippen MR) is 82.2 cm³/mol. The Kier molecular flexibility index (Phi) is 8.18. The van der Waals surface area contributed by atoms with Gasteiger partial charge in [-0.2, -0.15) is 0 Å². The van der Waals surface area contributed by atoms with Crippen LogP contribution in [0.2, 0.25) is 0 Å². The average molecular weight is 330 g/mol. The number of phenolic OH excluding ortho intramolecular Hbond substituents is 1. The van der Waals surface area contributed by atoms with Gasteiger partial charge in [-0.15, -0.1) is 0 Å². The van der Waals surface area contributed by atoms with Gasteiger partial charge in [-0.05, 0) is 17.7 Å². The molecule has 126 valence electrons. The van der Waals surface area contributed by atoms with Crippen LogP contribution >= 0.6 is 0 Å². The van der Waals surface area contributed by atoms with Gasteiger partial charge in [0, 0.05) is 24.7 Å². The molecule has 2 rings (SSSR count). The number of phenols is 1. The van der Waals surface area contributed by atoms with Crippen molar-refractivity contribution in [3.05, 3.63) is 29.8 Å². The van der Waals surface area contributed by atoms with E-state index >= 15 is 0 Å². The van der Waals surface area contributed by atoms with E-state index in [4.69, 9.17) is 9.47 Å². The first kappa shape index (κ1) is 19.2. The number of nitrogens with two attached hydrogens (primary N) is 1. The zero-order valence-electron chi connectivity index (χ0n) is 13.6. The number of aromatic hydroxyl groups is 1. The summed E-state index contributed by atoms with van der Waals surface area (Å²) >= 11 is 0. The molecule has 1 aliphatic heterocycles. The van der Waals surface area contributed by atoms with Crippen molar-refractivity contribution in [3.8, 4) is 5.75 Å². The van der Waals surface area contributed by atoms with Crippen LogP contribution in [0.15, 0.2) is 24.3 Å². The Morgan fingerprint density at radius 1 is 1.14 bits per heavy atom. The third-order valence-electron chi connectivity index (χ3n) is 3.74. The molecule has 1 saturated heterocycles. The molecule has 1 heterocycles. The lowest BCUT2D eigenvalue weighted by atomic mass is 9.95. The van der Waals surface area contributed by atoms with Crippen molar-refractivity contribution in [2.24, 2.45) is 5.41 Å². The van der Waals surface area contributed by atoms with Gasteiger partial charge in [-0.25, -0.2) is 0 Å². The predicted octanol–water partition coefficient (Wildman–Crippen LogP) is -1.32. The average Bonchev–Trinajstić information content (AvgIpc) is 2.46. The molecular formula is C17H28ClNO3. The number of hydrogen-bond acceptors (Lipinski definition) is 3. The minimum absolute atomic E-state index is 0. The number of benzene rings is 1. The monoisotopic (exact) mass is 329 g/mol. The molecule has 1 aliphatic rings. The fourth-order valence-corrected chi connectivity index (χ4v) is 2.40. The fraction of sp³-hybridized carbons (Fsp3) is 0.647. The van der Waals surface area contributed by atoms with Crippen molar-refractivity contribution in [3.63, 3.8) is 0 Å². The molecule has 0 unspecified atom stereocenters. The molecule has 5 heteroatoms. The van der Waals surface area contributed by atoms with Crippen molar-refractivity contribution in [2.45, 2.75) is 39.4 Å². The van der Waals surface area contributed by atoms with Crippen molar-refractivity contribution < 1.29 is 32.3 Å². The first-order valence-electron chi connectivity index (χ1n) is 7.88. The lowest BCUT2D eigenvalue weighted by molar-refractivity contribution is -0.654. The number of quaternary nitrogens is 1. The maximum Gasteiger partial charge on any atom is 0.157 e. The van der Waals surface area contributed by atoms with Gasteiger partial charge in [0.1, 0.15) is 5.75 Å². The first-order chi connectivity index (χ1) is 10.1. The Hall–Kier alpha value is -0.810. The van der Waals surface area contributed by atoms with E-state index in [9.17, 15) is 5.11 Å². The Bertz CT molecular complexity index is 412. The molecule has 4 nitrogen and oxygen atoms in total. The largest absolute Gasteiger partial charge is 1.00 e. The molecule has 0 saturated carbocycles. The van der Waals surface area contributed by atoms with E-state index in [2.05, 4.69) is 19.2 Å².